The maximum atomic E-state index is 11.3. The van der Waals surface area contributed by atoms with Crippen molar-refractivity contribution in [2.45, 2.75) is 33.4 Å². The molecule has 2 rings (SSSR count). The number of carbonyl (C=O) groups is 1. The van der Waals surface area contributed by atoms with Crippen LogP contribution < -0.4 is 5.32 Å². The summed E-state index contributed by atoms with van der Waals surface area (Å²) in [5.41, 5.74) is 2.14. The molecule has 2 aromatic rings. The molecule has 0 aliphatic carbocycles. The Balaban J connectivity index is 2.08. The minimum absolute atomic E-state index is 0.211. The average Bonchev–Trinajstić information content (AvgIpc) is 2.78. The van der Waals surface area contributed by atoms with Crippen molar-refractivity contribution in [3.05, 3.63) is 30.1 Å². The van der Waals surface area contributed by atoms with Crippen molar-refractivity contribution in [2.24, 2.45) is 0 Å². The lowest BCUT2D eigenvalue weighted by Crippen LogP contribution is -2.25. The molecule has 1 heterocycles. The van der Waals surface area contributed by atoms with Gasteiger partial charge in [-0.3, -0.25) is 10.1 Å². The van der Waals surface area contributed by atoms with Gasteiger partial charge in [-0.25, -0.2) is 4.98 Å². The van der Waals surface area contributed by atoms with Crippen LogP contribution in [0.3, 0.4) is 0 Å². The standard InChI is InChI=1S/C15H21N3O2/c1-3-9-18-13-8-6-5-7-12(13)17-14(18)10-16-11-15(19)20-4-2/h5-8,16H,3-4,9-11H2,1-2H3. The number of ether oxygens (including phenoxy) is 1. The zero-order valence-electron chi connectivity index (χ0n) is 12.1. The van der Waals surface area contributed by atoms with Crippen LogP contribution in [0, 0.1) is 0 Å². The third kappa shape index (κ3) is 3.36. The Morgan fingerprint density at radius 3 is 2.90 bits per heavy atom. The number of fused-ring (bicyclic) bond motifs is 1. The van der Waals surface area contributed by atoms with Crippen molar-refractivity contribution in [1.29, 1.82) is 0 Å². The van der Waals surface area contributed by atoms with E-state index in [1.54, 1.807) is 6.92 Å². The molecule has 1 aromatic heterocycles. The molecule has 1 aromatic carbocycles. The number of hydrogen-bond donors (Lipinski definition) is 1. The molecule has 5 nitrogen and oxygen atoms in total. The van der Waals surface area contributed by atoms with Crippen LogP contribution in [-0.2, 0) is 22.6 Å². The summed E-state index contributed by atoms with van der Waals surface area (Å²) in [6, 6.07) is 8.09. The van der Waals surface area contributed by atoms with Gasteiger partial charge in [0.25, 0.3) is 0 Å². The van der Waals surface area contributed by atoms with Crippen LogP contribution in [0.25, 0.3) is 11.0 Å². The number of imidazole rings is 1. The van der Waals surface area contributed by atoms with Crippen LogP contribution in [-0.4, -0.2) is 28.7 Å². The van der Waals surface area contributed by atoms with E-state index in [-0.39, 0.29) is 12.5 Å². The number of esters is 1. The van der Waals surface area contributed by atoms with E-state index in [4.69, 9.17) is 4.74 Å². The predicted octanol–water partition coefficient (Wildman–Crippen LogP) is 2.10. The Labute approximate surface area is 118 Å². The van der Waals surface area contributed by atoms with Crippen molar-refractivity contribution in [2.75, 3.05) is 13.2 Å². The van der Waals surface area contributed by atoms with Crippen LogP contribution in [0.1, 0.15) is 26.1 Å². The quantitative estimate of drug-likeness (QED) is 0.786. The average molecular weight is 275 g/mol. The van der Waals surface area contributed by atoms with Crippen molar-refractivity contribution in [3.63, 3.8) is 0 Å². The van der Waals surface area contributed by atoms with Crippen molar-refractivity contribution >= 4 is 17.0 Å². The van der Waals surface area contributed by atoms with Crippen LogP contribution in [0.2, 0.25) is 0 Å². The summed E-state index contributed by atoms with van der Waals surface area (Å²) in [5, 5.41) is 3.09. The van der Waals surface area contributed by atoms with Crippen LogP contribution in [0.4, 0.5) is 0 Å². The maximum Gasteiger partial charge on any atom is 0.319 e. The number of aryl methyl sites for hydroxylation is 1. The Morgan fingerprint density at radius 2 is 2.15 bits per heavy atom. The SMILES string of the molecule is CCCn1c(CNCC(=O)OCC)nc2ccccc21. The van der Waals surface area contributed by atoms with E-state index in [9.17, 15) is 4.79 Å². The summed E-state index contributed by atoms with van der Waals surface area (Å²) in [7, 11) is 0. The molecule has 0 bridgehead atoms. The molecular weight excluding hydrogens is 254 g/mol. The normalized spacial score (nSPS) is 10.9. The summed E-state index contributed by atoms with van der Waals surface area (Å²) in [4.78, 5) is 15.9. The Hall–Kier alpha value is -1.88. The van der Waals surface area contributed by atoms with Gasteiger partial charge < -0.3 is 9.30 Å². The molecule has 0 aliphatic rings. The minimum Gasteiger partial charge on any atom is -0.465 e. The number of aromatic nitrogens is 2. The van der Waals surface area contributed by atoms with Gasteiger partial charge in [-0.1, -0.05) is 19.1 Å². The fraction of sp³-hybridized carbons (Fsp3) is 0.467. The molecule has 0 aliphatic heterocycles. The highest BCUT2D eigenvalue weighted by molar-refractivity contribution is 5.76. The number of para-hydroxylation sites is 2. The summed E-state index contributed by atoms with van der Waals surface area (Å²) < 4.78 is 7.09. The van der Waals surface area contributed by atoms with Crippen LogP contribution >= 0.6 is 0 Å². The summed E-state index contributed by atoms with van der Waals surface area (Å²) in [6.07, 6.45) is 1.05. The summed E-state index contributed by atoms with van der Waals surface area (Å²) >= 11 is 0. The molecule has 5 heteroatoms. The van der Waals surface area contributed by atoms with Gasteiger partial charge in [0.1, 0.15) is 5.82 Å². The molecule has 0 fully saturated rings. The number of carbonyl (C=O) groups excluding carboxylic acids is 1. The molecule has 108 valence electrons. The van der Waals surface area contributed by atoms with Crippen molar-refractivity contribution < 1.29 is 9.53 Å². The fourth-order valence-corrected chi connectivity index (χ4v) is 2.22. The molecule has 20 heavy (non-hydrogen) atoms. The van der Waals surface area contributed by atoms with Crippen molar-refractivity contribution in [3.8, 4) is 0 Å². The molecule has 0 amide bonds. The van der Waals surface area contributed by atoms with Gasteiger partial charge >= 0.3 is 5.97 Å². The Morgan fingerprint density at radius 1 is 1.35 bits per heavy atom. The third-order valence-electron chi connectivity index (χ3n) is 3.04. The van der Waals surface area contributed by atoms with Gasteiger partial charge in [-0.05, 0) is 25.5 Å². The highest BCUT2D eigenvalue weighted by atomic mass is 16.5. The van der Waals surface area contributed by atoms with Gasteiger partial charge in [-0.15, -0.1) is 0 Å². The van der Waals surface area contributed by atoms with E-state index in [0.29, 0.717) is 13.2 Å². The van der Waals surface area contributed by atoms with Crippen LogP contribution in [0.15, 0.2) is 24.3 Å². The number of benzene rings is 1. The number of rotatable bonds is 7. The first kappa shape index (κ1) is 14.5. The summed E-state index contributed by atoms with van der Waals surface area (Å²) in [6.45, 7) is 6.06. The van der Waals surface area contributed by atoms with Crippen molar-refractivity contribution in [1.82, 2.24) is 14.9 Å². The lowest BCUT2D eigenvalue weighted by atomic mass is 10.3. The van der Waals surface area contributed by atoms with Crippen LogP contribution in [0.5, 0.6) is 0 Å². The topological polar surface area (TPSA) is 56.2 Å². The van der Waals surface area contributed by atoms with E-state index in [1.807, 2.05) is 18.2 Å². The second kappa shape index (κ2) is 7.05. The van der Waals surface area contributed by atoms with Gasteiger partial charge in [-0.2, -0.15) is 0 Å². The predicted molar refractivity (Wildman–Crippen MR) is 78.4 cm³/mol. The molecular formula is C15H21N3O2. The first-order valence-electron chi connectivity index (χ1n) is 7.06. The lowest BCUT2D eigenvalue weighted by molar-refractivity contribution is -0.142. The second-order valence-corrected chi connectivity index (χ2v) is 4.58. The van der Waals surface area contributed by atoms with Gasteiger partial charge in [0.2, 0.25) is 0 Å². The highest BCUT2D eigenvalue weighted by Crippen LogP contribution is 2.16. The first-order chi connectivity index (χ1) is 9.76. The van der Waals surface area contributed by atoms with E-state index < -0.39 is 0 Å². The molecule has 0 spiro atoms. The number of nitrogens with one attached hydrogen (secondary N) is 1. The van der Waals surface area contributed by atoms with E-state index in [0.717, 1.165) is 29.8 Å². The van der Waals surface area contributed by atoms with E-state index >= 15 is 0 Å². The number of nitrogens with zero attached hydrogens (tertiary/aromatic N) is 2. The highest BCUT2D eigenvalue weighted by Gasteiger charge is 2.10. The molecule has 1 N–H and O–H groups in total. The molecule has 0 saturated carbocycles. The van der Waals surface area contributed by atoms with E-state index in [2.05, 4.69) is 27.9 Å². The number of hydrogen-bond acceptors (Lipinski definition) is 4. The zero-order valence-corrected chi connectivity index (χ0v) is 12.1. The molecule has 0 atom stereocenters. The first-order valence-corrected chi connectivity index (χ1v) is 7.06. The van der Waals surface area contributed by atoms with Gasteiger partial charge in [0.15, 0.2) is 0 Å². The van der Waals surface area contributed by atoms with E-state index in [1.165, 1.54) is 0 Å². The largest absolute Gasteiger partial charge is 0.465 e. The maximum absolute atomic E-state index is 11.3. The molecule has 0 unspecified atom stereocenters. The Bertz CT molecular complexity index is 578. The monoisotopic (exact) mass is 275 g/mol. The van der Waals surface area contributed by atoms with Gasteiger partial charge in [0, 0.05) is 6.54 Å². The smallest absolute Gasteiger partial charge is 0.319 e. The molecule has 0 radical (unpaired) electrons. The Kier molecular flexibility index (Phi) is 5.12. The summed E-state index contributed by atoms with van der Waals surface area (Å²) in [5.74, 6) is 0.725. The minimum atomic E-state index is -0.231. The fourth-order valence-electron chi connectivity index (χ4n) is 2.22. The third-order valence-corrected chi connectivity index (χ3v) is 3.04. The second-order valence-electron chi connectivity index (χ2n) is 4.58. The zero-order chi connectivity index (χ0) is 14.4. The van der Waals surface area contributed by atoms with Gasteiger partial charge in [0.05, 0.1) is 30.7 Å². The molecule has 0 saturated heterocycles. The lowest BCUT2D eigenvalue weighted by Gasteiger charge is -2.08.